The maximum absolute atomic E-state index is 13.1. The van der Waals surface area contributed by atoms with Crippen molar-refractivity contribution in [2.24, 2.45) is 5.92 Å². The third kappa shape index (κ3) is 5.22. The molecule has 2 atom stereocenters. The molecule has 2 aliphatic heterocycles. The van der Waals surface area contributed by atoms with Crippen LogP contribution in [0.15, 0.2) is 54.1 Å². The van der Waals surface area contributed by atoms with Crippen molar-refractivity contribution >= 4 is 40.5 Å². The topological polar surface area (TPSA) is 38.8 Å². The summed E-state index contributed by atoms with van der Waals surface area (Å²) in [5.41, 5.74) is 4.50. The van der Waals surface area contributed by atoms with Crippen LogP contribution in [0, 0.1) is 5.92 Å². The Morgan fingerprint density at radius 3 is 2.44 bits per heavy atom. The number of nitrogens with zero attached hydrogens (tertiary/aromatic N) is 3. The molecule has 182 valence electrons. The van der Waals surface area contributed by atoms with Crippen molar-refractivity contribution < 1.29 is 4.79 Å². The zero-order valence-corrected chi connectivity index (χ0v) is 21.7. The summed E-state index contributed by atoms with van der Waals surface area (Å²) in [5.74, 6) is 0.00870. The maximum Gasteiger partial charge on any atom is 0.229 e. The summed E-state index contributed by atoms with van der Waals surface area (Å²) in [7, 11) is 2.08. The van der Waals surface area contributed by atoms with E-state index >= 15 is 0 Å². The predicted octanol–water partition coefficient (Wildman–Crippen LogP) is 5.00. The number of benzene rings is 2. The molecule has 2 aliphatic rings. The Bertz CT molecular complexity index is 1030. The van der Waals surface area contributed by atoms with Crippen molar-refractivity contribution in [3.05, 3.63) is 69.7 Å². The Hall–Kier alpha value is -2.21. The molecule has 1 N–H and O–H groups in total. The number of anilines is 1. The molecule has 2 aromatic carbocycles. The Kier molecular flexibility index (Phi) is 8.07. The van der Waals surface area contributed by atoms with Gasteiger partial charge in [-0.1, -0.05) is 59.6 Å². The molecule has 7 heteroatoms. The van der Waals surface area contributed by atoms with Crippen LogP contribution in [0.4, 0.5) is 5.69 Å². The number of rotatable bonds is 7. The third-order valence-corrected chi connectivity index (χ3v) is 8.02. The van der Waals surface area contributed by atoms with E-state index in [1.54, 1.807) is 0 Å². The molecule has 1 saturated heterocycles. The highest BCUT2D eigenvalue weighted by Crippen LogP contribution is 2.38. The van der Waals surface area contributed by atoms with Crippen LogP contribution in [-0.2, 0) is 4.79 Å². The number of hydrogen-bond donors (Lipinski definition) is 1. The van der Waals surface area contributed by atoms with Gasteiger partial charge < -0.3 is 15.1 Å². The van der Waals surface area contributed by atoms with E-state index in [-0.39, 0.29) is 17.9 Å². The number of amides is 1. The lowest BCUT2D eigenvalue weighted by molar-refractivity contribution is -0.124. The SMILES string of the molecule is CC1=C(c2ccccc2)N(C)C(C)C1C(=O)NCCCN1CCN(c2cccc(Cl)c2Cl)CC1. The number of halogens is 2. The number of nitrogens with one attached hydrogen (secondary N) is 1. The van der Waals surface area contributed by atoms with Gasteiger partial charge in [0.15, 0.2) is 0 Å². The van der Waals surface area contributed by atoms with Gasteiger partial charge in [0.05, 0.1) is 21.7 Å². The molecule has 5 nitrogen and oxygen atoms in total. The van der Waals surface area contributed by atoms with Crippen molar-refractivity contribution in [2.75, 3.05) is 51.2 Å². The Morgan fingerprint density at radius 1 is 1.03 bits per heavy atom. The molecule has 0 radical (unpaired) electrons. The predicted molar refractivity (Wildman–Crippen MR) is 142 cm³/mol. The fraction of sp³-hybridized carbons (Fsp3) is 0.444. The van der Waals surface area contributed by atoms with E-state index in [0.717, 1.165) is 50.4 Å². The van der Waals surface area contributed by atoms with Crippen LogP contribution >= 0.6 is 23.2 Å². The molecule has 0 spiro atoms. The molecule has 0 aliphatic carbocycles. The normalized spacial score (nSPS) is 21.3. The molecular weight excluding hydrogens is 467 g/mol. The average Bonchev–Trinajstić information content (AvgIpc) is 3.07. The fourth-order valence-corrected chi connectivity index (χ4v) is 5.65. The molecule has 1 fully saturated rings. The van der Waals surface area contributed by atoms with E-state index in [1.165, 1.54) is 11.3 Å². The van der Waals surface area contributed by atoms with Gasteiger partial charge in [-0.3, -0.25) is 9.69 Å². The summed E-state index contributed by atoms with van der Waals surface area (Å²) in [5, 5.41) is 4.43. The Labute approximate surface area is 213 Å². The lowest BCUT2D eigenvalue weighted by Gasteiger charge is -2.36. The van der Waals surface area contributed by atoms with Gasteiger partial charge in [-0.2, -0.15) is 0 Å². The van der Waals surface area contributed by atoms with Crippen molar-refractivity contribution in [1.82, 2.24) is 15.1 Å². The Balaban J connectivity index is 1.24. The Morgan fingerprint density at radius 2 is 1.74 bits per heavy atom. The molecule has 2 unspecified atom stereocenters. The van der Waals surface area contributed by atoms with Crippen LogP contribution in [-0.4, -0.2) is 68.1 Å². The van der Waals surface area contributed by atoms with Gasteiger partial charge in [-0.05, 0) is 50.1 Å². The van der Waals surface area contributed by atoms with Gasteiger partial charge in [0.2, 0.25) is 5.91 Å². The van der Waals surface area contributed by atoms with Crippen LogP contribution in [0.25, 0.3) is 5.70 Å². The molecular formula is C27H34Cl2N4O. The van der Waals surface area contributed by atoms with Crippen molar-refractivity contribution in [3.8, 4) is 0 Å². The second-order valence-corrected chi connectivity index (χ2v) is 10.1. The minimum atomic E-state index is -0.119. The first-order valence-corrected chi connectivity index (χ1v) is 12.8. The van der Waals surface area contributed by atoms with Crippen molar-refractivity contribution in [3.63, 3.8) is 0 Å². The second-order valence-electron chi connectivity index (χ2n) is 9.27. The zero-order valence-electron chi connectivity index (χ0n) is 20.2. The number of piperazine rings is 1. The first-order chi connectivity index (χ1) is 16.4. The summed E-state index contributed by atoms with van der Waals surface area (Å²) in [4.78, 5) is 20.1. The minimum absolute atomic E-state index is 0.119. The molecule has 0 saturated carbocycles. The minimum Gasteiger partial charge on any atom is -0.370 e. The number of carbonyl (C=O) groups excluding carboxylic acids is 1. The standard InChI is InChI=1S/C27H34Cl2N4O/c1-19-24(20(2)31(3)26(19)21-9-5-4-6-10-21)27(34)30-13-8-14-32-15-17-33(18-16-32)23-12-7-11-22(28)25(23)29/h4-7,9-12,20,24H,8,13-18H2,1-3H3,(H,30,34). The fourth-order valence-electron chi connectivity index (χ4n) is 5.23. The van der Waals surface area contributed by atoms with Crippen LogP contribution in [0.1, 0.15) is 25.8 Å². The largest absolute Gasteiger partial charge is 0.370 e. The molecule has 4 rings (SSSR count). The summed E-state index contributed by atoms with van der Waals surface area (Å²) < 4.78 is 0. The number of carbonyl (C=O) groups is 1. The van der Waals surface area contributed by atoms with Gasteiger partial charge in [0.1, 0.15) is 0 Å². The molecule has 0 aromatic heterocycles. The summed E-state index contributed by atoms with van der Waals surface area (Å²) >= 11 is 12.6. The molecule has 2 heterocycles. The van der Waals surface area contributed by atoms with Crippen LogP contribution < -0.4 is 10.2 Å². The zero-order chi connectivity index (χ0) is 24.2. The summed E-state index contributed by atoms with van der Waals surface area (Å²) in [6, 6.07) is 16.3. The van der Waals surface area contributed by atoms with Gasteiger partial charge in [-0.25, -0.2) is 0 Å². The molecule has 0 bridgehead atoms. The first kappa shape index (κ1) is 24.9. The van der Waals surface area contributed by atoms with Crippen LogP contribution in [0.2, 0.25) is 10.0 Å². The highest BCUT2D eigenvalue weighted by atomic mass is 35.5. The third-order valence-electron chi connectivity index (χ3n) is 7.21. The maximum atomic E-state index is 13.1. The van der Waals surface area contributed by atoms with Crippen LogP contribution in [0.3, 0.4) is 0 Å². The van der Waals surface area contributed by atoms with E-state index in [9.17, 15) is 4.79 Å². The second kappa shape index (κ2) is 11.0. The quantitative estimate of drug-likeness (QED) is 0.542. The van der Waals surface area contributed by atoms with E-state index < -0.39 is 0 Å². The highest BCUT2D eigenvalue weighted by Gasteiger charge is 2.38. The number of hydrogen-bond acceptors (Lipinski definition) is 4. The first-order valence-electron chi connectivity index (χ1n) is 12.1. The van der Waals surface area contributed by atoms with E-state index in [4.69, 9.17) is 23.2 Å². The van der Waals surface area contributed by atoms with E-state index in [0.29, 0.717) is 16.6 Å². The highest BCUT2D eigenvalue weighted by molar-refractivity contribution is 6.43. The monoisotopic (exact) mass is 500 g/mol. The van der Waals surface area contributed by atoms with Gasteiger partial charge in [0, 0.05) is 51.5 Å². The van der Waals surface area contributed by atoms with Gasteiger partial charge in [-0.15, -0.1) is 0 Å². The molecule has 1 amide bonds. The van der Waals surface area contributed by atoms with E-state index in [2.05, 4.69) is 53.0 Å². The van der Waals surface area contributed by atoms with E-state index in [1.807, 2.05) is 36.4 Å². The lowest BCUT2D eigenvalue weighted by Crippen LogP contribution is -2.47. The molecule has 2 aromatic rings. The van der Waals surface area contributed by atoms with Gasteiger partial charge in [0.25, 0.3) is 0 Å². The smallest absolute Gasteiger partial charge is 0.229 e. The lowest BCUT2D eigenvalue weighted by atomic mass is 9.94. The van der Waals surface area contributed by atoms with Crippen molar-refractivity contribution in [1.29, 1.82) is 0 Å². The van der Waals surface area contributed by atoms with Crippen LogP contribution in [0.5, 0.6) is 0 Å². The summed E-state index contributed by atoms with van der Waals surface area (Å²) in [6.07, 6.45) is 0.939. The van der Waals surface area contributed by atoms with Crippen molar-refractivity contribution in [2.45, 2.75) is 26.3 Å². The molecule has 34 heavy (non-hydrogen) atoms. The average molecular weight is 502 g/mol. The summed E-state index contributed by atoms with van der Waals surface area (Å²) in [6.45, 7) is 9.69. The van der Waals surface area contributed by atoms with Gasteiger partial charge >= 0.3 is 0 Å².